The molecule has 0 bridgehead atoms. The van der Waals surface area contributed by atoms with Crippen LogP contribution in [-0.2, 0) is 6.42 Å². The molecule has 0 aliphatic carbocycles. The average Bonchev–Trinajstić information content (AvgIpc) is 2.83. The predicted octanol–water partition coefficient (Wildman–Crippen LogP) is 2.59. The molecule has 3 nitrogen and oxygen atoms in total. The lowest BCUT2D eigenvalue weighted by molar-refractivity contribution is 0.112. The normalized spacial score (nSPS) is 13.5. The van der Waals surface area contributed by atoms with Gasteiger partial charge in [0.05, 0.1) is 0 Å². The van der Waals surface area contributed by atoms with Gasteiger partial charge in [-0.2, -0.15) is 0 Å². The van der Waals surface area contributed by atoms with E-state index in [2.05, 4.69) is 28.1 Å². The summed E-state index contributed by atoms with van der Waals surface area (Å²) in [5.41, 5.74) is 3.19. The SMILES string of the molecule is O=Cc1ccc(N2CCc3ccccc32)nc1. The van der Waals surface area contributed by atoms with Gasteiger partial charge in [-0.3, -0.25) is 4.79 Å². The smallest absolute Gasteiger partial charge is 0.151 e. The molecule has 3 heteroatoms. The summed E-state index contributed by atoms with van der Waals surface area (Å²) >= 11 is 0. The van der Waals surface area contributed by atoms with Gasteiger partial charge in [-0.1, -0.05) is 18.2 Å². The molecule has 0 radical (unpaired) electrons. The number of carbonyl (C=O) groups is 1. The Hall–Kier alpha value is -2.16. The minimum absolute atomic E-state index is 0.612. The molecule has 0 fully saturated rings. The summed E-state index contributed by atoms with van der Waals surface area (Å²) < 4.78 is 0. The van der Waals surface area contributed by atoms with Crippen molar-refractivity contribution in [3.63, 3.8) is 0 Å². The number of pyridine rings is 1. The van der Waals surface area contributed by atoms with Crippen LogP contribution in [0.1, 0.15) is 15.9 Å². The number of benzene rings is 1. The van der Waals surface area contributed by atoms with Crippen LogP contribution in [0.3, 0.4) is 0 Å². The van der Waals surface area contributed by atoms with Crippen molar-refractivity contribution in [2.45, 2.75) is 6.42 Å². The molecular formula is C14H12N2O. The maximum atomic E-state index is 10.6. The number of fused-ring (bicyclic) bond motifs is 1. The number of hydrogen-bond donors (Lipinski definition) is 0. The average molecular weight is 224 g/mol. The Morgan fingerprint density at radius 1 is 1.18 bits per heavy atom. The standard InChI is InChI=1S/C14H12N2O/c17-10-11-5-6-14(15-9-11)16-8-7-12-3-1-2-4-13(12)16/h1-6,9-10H,7-8H2. The Morgan fingerprint density at radius 3 is 2.82 bits per heavy atom. The zero-order valence-electron chi connectivity index (χ0n) is 9.34. The number of anilines is 2. The second kappa shape index (κ2) is 4.01. The molecule has 0 saturated carbocycles. The van der Waals surface area contributed by atoms with Gasteiger partial charge in [0.2, 0.25) is 0 Å². The number of hydrogen-bond acceptors (Lipinski definition) is 3. The molecular weight excluding hydrogens is 212 g/mol. The van der Waals surface area contributed by atoms with E-state index in [9.17, 15) is 4.79 Å². The molecule has 0 unspecified atom stereocenters. The van der Waals surface area contributed by atoms with Gasteiger partial charge in [0.25, 0.3) is 0 Å². The lowest BCUT2D eigenvalue weighted by Gasteiger charge is -2.18. The van der Waals surface area contributed by atoms with Crippen molar-refractivity contribution in [2.75, 3.05) is 11.4 Å². The van der Waals surface area contributed by atoms with Gasteiger partial charge < -0.3 is 4.90 Å². The van der Waals surface area contributed by atoms with Crippen LogP contribution in [0.5, 0.6) is 0 Å². The van der Waals surface area contributed by atoms with Gasteiger partial charge in [0.1, 0.15) is 5.82 Å². The number of rotatable bonds is 2. The third-order valence-corrected chi connectivity index (χ3v) is 3.07. The summed E-state index contributed by atoms with van der Waals surface area (Å²) in [6, 6.07) is 12.1. The Bertz CT molecular complexity index is 548. The van der Waals surface area contributed by atoms with Crippen molar-refractivity contribution < 1.29 is 4.79 Å². The minimum Gasteiger partial charge on any atom is -0.326 e. The van der Waals surface area contributed by atoms with Gasteiger partial charge in [-0.25, -0.2) is 4.98 Å². The van der Waals surface area contributed by atoms with E-state index >= 15 is 0 Å². The Labute approximate surface area is 99.7 Å². The van der Waals surface area contributed by atoms with Crippen molar-refractivity contribution in [1.82, 2.24) is 4.98 Å². The number of para-hydroxylation sites is 1. The zero-order chi connectivity index (χ0) is 11.7. The highest BCUT2D eigenvalue weighted by Gasteiger charge is 2.20. The summed E-state index contributed by atoms with van der Waals surface area (Å²) in [5, 5.41) is 0. The maximum absolute atomic E-state index is 10.6. The summed E-state index contributed by atoms with van der Waals surface area (Å²) in [7, 11) is 0. The summed E-state index contributed by atoms with van der Waals surface area (Å²) in [6.45, 7) is 0.951. The minimum atomic E-state index is 0.612. The quantitative estimate of drug-likeness (QED) is 0.735. The first-order valence-corrected chi connectivity index (χ1v) is 5.65. The van der Waals surface area contributed by atoms with E-state index in [0.29, 0.717) is 5.56 Å². The van der Waals surface area contributed by atoms with Crippen LogP contribution < -0.4 is 4.90 Å². The Kier molecular flexibility index (Phi) is 2.37. The van der Waals surface area contributed by atoms with Crippen molar-refractivity contribution in [3.8, 4) is 0 Å². The largest absolute Gasteiger partial charge is 0.326 e. The predicted molar refractivity (Wildman–Crippen MR) is 66.8 cm³/mol. The van der Waals surface area contributed by atoms with Gasteiger partial charge in [-0.15, -0.1) is 0 Å². The van der Waals surface area contributed by atoms with E-state index in [1.165, 1.54) is 11.3 Å². The fraction of sp³-hybridized carbons (Fsp3) is 0.143. The second-order valence-electron chi connectivity index (χ2n) is 4.10. The number of aldehydes is 1. The van der Waals surface area contributed by atoms with Crippen molar-refractivity contribution in [2.24, 2.45) is 0 Å². The topological polar surface area (TPSA) is 33.2 Å². The van der Waals surface area contributed by atoms with Crippen LogP contribution >= 0.6 is 0 Å². The maximum Gasteiger partial charge on any atom is 0.151 e. The summed E-state index contributed by atoms with van der Waals surface area (Å²) in [5.74, 6) is 0.903. The highest BCUT2D eigenvalue weighted by atomic mass is 16.1. The van der Waals surface area contributed by atoms with Gasteiger partial charge in [-0.05, 0) is 30.2 Å². The molecule has 84 valence electrons. The lowest BCUT2D eigenvalue weighted by atomic mass is 10.2. The number of carbonyl (C=O) groups excluding carboxylic acids is 1. The number of nitrogens with zero attached hydrogens (tertiary/aromatic N) is 2. The fourth-order valence-electron chi connectivity index (χ4n) is 2.20. The van der Waals surface area contributed by atoms with E-state index in [4.69, 9.17) is 0 Å². The van der Waals surface area contributed by atoms with E-state index in [1.54, 1.807) is 12.3 Å². The molecule has 0 saturated heterocycles. The van der Waals surface area contributed by atoms with E-state index in [0.717, 1.165) is 25.1 Å². The zero-order valence-corrected chi connectivity index (χ0v) is 9.34. The Morgan fingerprint density at radius 2 is 2.06 bits per heavy atom. The van der Waals surface area contributed by atoms with Crippen LogP contribution in [0.15, 0.2) is 42.6 Å². The lowest BCUT2D eigenvalue weighted by Crippen LogP contribution is -2.14. The van der Waals surface area contributed by atoms with E-state index in [1.807, 2.05) is 12.1 Å². The Balaban J connectivity index is 1.98. The van der Waals surface area contributed by atoms with Gasteiger partial charge in [0.15, 0.2) is 6.29 Å². The van der Waals surface area contributed by atoms with E-state index in [-0.39, 0.29) is 0 Å². The first kappa shape index (κ1) is 10.0. The molecule has 1 aromatic carbocycles. The van der Waals surface area contributed by atoms with Crippen molar-refractivity contribution in [1.29, 1.82) is 0 Å². The van der Waals surface area contributed by atoms with Crippen LogP contribution in [0.2, 0.25) is 0 Å². The molecule has 0 atom stereocenters. The molecule has 0 spiro atoms. The monoisotopic (exact) mass is 224 g/mol. The van der Waals surface area contributed by atoms with Gasteiger partial charge in [0, 0.05) is 24.0 Å². The highest BCUT2D eigenvalue weighted by molar-refractivity contribution is 5.75. The van der Waals surface area contributed by atoms with Crippen LogP contribution in [0.25, 0.3) is 0 Å². The molecule has 0 N–H and O–H groups in total. The molecule has 0 amide bonds. The van der Waals surface area contributed by atoms with Crippen LogP contribution in [-0.4, -0.2) is 17.8 Å². The molecule has 17 heavy (non-hydrogen) atoms. The molecule has 2 aromatic rings. The molecule has 3 rings (SSSR count). The molecule has 2 heterocycles. The van der Waals surface area contributed by atoms with Crippen molar-refractivity contribution in [3.05, 3.63) is 53.7 Å². The first-order chi connectivity index (χ1) is 8.38. The highest BCUT2D eigenvalue weighted by Crippen LogP contribution is 2.32. The molecule has 1 aliphatic rings. The summed E-state index contributed by atoms with van der Waals surface area (Å²) in [6.07, 6.45) is 3.48. The third kappa shape index (κ3) is 1.69. The third-order valence-electron chi connectivity index (χ3n) is 3.07. The summed E-state index contributed by atoms with van der Waals surface area (Å²) in [4.78, 5) is 17.1. The van der Waals surface area contributed by atoms with Crippen LogP contribution in [0, 0.1) is 0 Å². The van der Waals surface area contributed by atoms with Crippen molar-refractivity contribution >= 4 is 17.8 Å². The first-order valence-electron chi connectivity index (χ1n) is 5.65. The molecule has 1 aromatic heterocycles. The van der Waals surface area contributed by atoms with Gasteiger partial charge >= 0.3 is 0 Å². The number of aromatic nitrogens is 1. The van der Waals surface area contributed by atoms with E-state index < -0.39 is 0 Å². The second-order valence-corrected chi connectivity index (χ2v) is 4.10. The van der Waals surface area contributed by atoms with Crippen LogP contribution in [0.4, 0.5) is 11.5 Å². The molecule has 1 aliphatic heterocycles. The fourth-order valence-corrected chi connectivity index (χ4v) is 2.20.